The molecular formula is C11H15N5S. The lowest BCUT2D eigenvalue weighted by atomic mass is 9.89. The van der Waals surface area contributed by atoms with E-state index in [0.29, 0.717) is 5.92 Å². The number of aryl methyl sites for hydroxylation is 1. The second kappa shape index (κ2) is 4.52. The van der Waals surface area contributed by atoms with Crippen molar-refractivity contribution in [1.29, 1.82) is 0 Å². The molecule has 1 saturated carbocycles. The number of hydrogen-bond acceptors (Lipinski definition) is 5. The van der Waals surface area contributed by atoms with Crippen LogP contribution in [0.1, 0.15) is 49.5 Å². The van der Waals surface area contributed by atoms with Gasteiger partial charge in [0.2, 0.25) is 0 Å². The highest BCUT2D eigenvalue weighted by molar-refractivity contribution is 7.09. The summed E-state index contributed by atoms with van der Waals surface area (Å²) in [6.07, 6.45) is 6.43. The summed E-state index contributed by atoms with van der Waals surface area (Å²) in [6.45, 7) is 1.94. The Hall–Kier alpha value is -1.30. The van der Waals surface area contributed by atoms with Gasteiger partial charge in [-0.1, -0.05) is 23.8 Å². The van der Waals surface area contributed by atoms with Crippen LogP contribution in [0.15, 0.2) is 0 Å². The van der Waals surface area contributed by atoms with Crippen LogP contribution in [-0.4, -0.2) is 24.8 Å². The third-order valence-electron chi connectivity index (χ3n) is 3.35. The van der Waals surface area contributed by atoms with Crippen LogP contribution in [0, 0.1) is 6.92 Å². The van der Waals surface area contributed by atoms with Gasteiger partial charge in [-0.3, -0.25) is 5.10 Å². The summed E-state index contributed by atoms with van der Waals surface area (Å²) in [7, 11) is 0. The van der Waals surface area contributed by atoms with Crippen LogP contribution in [0.2, 0.25) is 0 Å². The van der Waals surface area contributed by atoms with E-state index in [9.17, 15) is 0 Å². The summed E-state index contributed by atoms with van der Waals surface area (Å²) in [6, 6.07) is 0. The monoisotopic (exact) mass is 249 g/mol. The highest BCUT2D eigenvalue weighted by Gasteiger charge is 2.20. The molecule has 2 aromatic heterocycles. The first-order valence-corrected chi connectivity index (χ1v) is 6.83. The van der Waals surface area contributed by atoms with E-state index in [1.54, 1.807) is 0 Å². The van der Waals surface area contributed by atoms with Crippen LogP contribution >= 0.6 is 11.5 Å². The van der Waals surface area contributed by atoms with Gasteiger partial charge < -0.3 is 0 Å². The summed E-state index contributed by atoms with van der Waals surface area (Å²) in [4.78, 5) is 5.58. The molecule has 17 heavy (non-hydrogen) atoms. The van der Waals surface area contributed by atoms with E-state index in [-0.39, 0.29) is 0 Å². The Morgan fingerprint density at radius 3 is 2.76 bits per heavy atom. The SMILES string of the molecule is Cc1nnsc1-c1n[nH]c(C2CCCCC2)n1. The van der Waals surface area contributed by atoms with Crippen molar-refractivity contribution >= 4 is 11.5 Å². The van der Waals surface area contributed by atoms with Crippen LogP contribution in [0.5, 0.6) is 0 Å². The van der Waals surface area contributed by atoms with Gasteiger partial charge in [-0.2, -0.15) is 5.10 Å². The van der Waals surface area contributed by atoms with Gasteiger partial charge in [-0.15, -0.1) is 5.10 Å². The van der Waals surface area contributed by atoms with E-state index in [1.165, 1.54) is 43.6 Å². The van der Waals surface area contributed by atoms with Crippen molar-refractivity contribution in [3.63, 3.8) is 0 Å². The zero-order valence-electron chi connectivity index (χ0n) is 9.81. The van der Waals surface area contributed by atoms with E-state index in [1.807, 2.05) is 6.92 Å². The lowest BCUT2D eigenvalue weighted by Crippen LogP contribution is -2.06. The maximum atomic E-state index is 4.60. The van der Waals surface area contributed by atoms with Crippen LogP contribution in [0.4, 0.5) is 0 Å². The molecule has 1 N–H and O–H groups in total. The maximum absolute atomic E-state index is 4.60. The highest BCUT2D eigenvalue weighted by atomic mass is 32.1. The summed E-state index contributed by atoms with van der Waals surface area (Å²) in [5.41, 5.74) is 0.907. The summed E-state index contributed by atoms with van der Waals surface area (Å²) in [5.74, 6) is 2.34. The first-order chi connectivity index (χ1) is 8.34. The molecule has 90 valence electrons. The fourth-order valence-electron chi connectivity index (χ4n) is 2.37. The van der Waals surface area contributed by atoms with E-state index in [2.05, 4.69) is 24.8 Å². The molecule has 0 atom stereocenters. The summed E-state index contributed by atoms with van der Waals surface area (Å²) in [5, 5.41) is 11.4. The van der Waals surface area contributed by atoms with Crippen molar-refractivity contribution in [2.75, 3.05) is 0 Å². The predicted molar refractivity (Wildman–Crippen MR) is 65.8 cm³/mol. The molecule has 1 fully saturated rings. The van der Waals surface area contributed by atoms with Gasteiger partial charge in [0, 0.05) is 5.92 Å². The van der Waals surface area contributed by atoms with Crippen LogP contribution in [0.25, 0.3) is 10.7 Å². The third-order valence-corrected chi connectivity index (χ3v) is 4.17. The Morgan fingerprint density at radius 1 is 1.24 bits per heavy atom. The molecule has 1 aliphatic rings. The quantitative estimate of drug-likeness (QED) is 0.888. The molecule has 1 aliphatic carbocycles. The topological polar surface area (TPSA) is 67.3 Å². The lowest BCUT2D eigenvalue weighted by molar-refractivity contribution is 0.429. The van der Waals surface area contributed by atoms with Crippen molar-refractivity contribution in [1.82, 2.24) is 24.8 Å². The number of nitrogens with one attached hydrogen (secondary N) is 1. The molecule has 0 aromatic carbocycles. The van der Waals surface area contributed by atoms with Crippen LogP contribution < -0.4 is 0 Å². The first kappa shape index (κ1) is 10.8. The van der Waals surface area contributed by atoms with E-state index in [4.69, 9.17) is 0 Å². The molecule has 0 bridgehead atoms. The van der Waals surface area contributed by atoms with Gasteiger partial charge in [0.05, 0.1) is 5.69 Å². The molecular weight excluding hydrogens is 234 g/mol. The van der Waals surface area contributed by atoms with Gasteiger partial charge in [0.1, 0.15) is 10.7 Å². The fraction of sp³-hybridized carbons (Fsp3) is 0.636. The fourth-order valence-corrected chi connectivity index (χ4v) is 2.96. The van der Waals surface area contributed by atoms with Crippen molar-refractivity contribution in [2.45, 2.75) is 44.9 Å². The van der Waals surface area contributed by atoms with Gasteiger partial charge in [-0.25, -0.2) is 4.98 Å². The molecule has 0 spiro atoms. The first-order valence-electron chi connectivity index (χ1n) is 6.06. The molecule has 3 rings (SSSR count). The van der Waals surface area contributed by atoms with Crippen molar-refractivity contribution in [3.05, 3.63) is 11.5 Å². The number of H-pyrrole nitrogens is 1. The molecule has 0 amide bonds. The zero-order valence-corrected chi connectivity index (χ0v) is 10.6. The summed E-state index contributed by atoms with van der Waals surface area (Å²) >= 11 is 1.36. The second-order valence-corrected chi connectivity index (χ2v) is 5.32. The maximum Gasteiger partial charge on any atom is 0.194 e. The van der Waals surface area contributed by atoms with E-state index < -0.39 is 0 Å². The normalized spacial score (nSPS) is 17.5. The average molecular weight is 249 g/mol. The lowest BCUT2D eigenvalue weighted by Gasteiger charge is -2.18. The number of rotatable bonds is 2. The van der Waals surface area contributed by atoms with Gasteiger partial charge in [0.25, 0.3) is 0 Å². The van der Waals surface area contributed by atoms with Crippen LogP contribution in [0.3, 0.4) is 0 Å². The molecule has 5 nitrogen and oxygen atoms in total. The molecule has 0 radical (unpaired) electrons. The minimum Gasteiger partial charge on any atom is -0.262 e. The number of aromatic nitrogens is 5. The third kappa shape index (κ3) is 2.09. The van der Waals surface area contributed by atoms with Crippen molar-refractivity contribution in [3.8, 4) is 10.7 Å². The minimum absolute atomic E-state index is 0.561. The second-order valence-electron chi connectivity index (χ2n) is 4.57. The number of aromatic amines is 1. The molecule has 0 unspecified atom stereocenters. The Balaban J connectivity index is 1.85. The highest BCUT2D eigenvalue weighted by Crippen LogP contribution is 2.31. The van der Waals surface area contributed by atoms with E-state index in [0.717, 1.165) is 22.2 Å². The Bertz CT molecular complexity index is 497. The average Bonchev–Trinajstić information content (AvgIpc) is 2.98. The standard InChI is InChI=1S/C11H15N5S/c1-7-9(17-16-13-7)11-12-10(14-15-11)8-5-3-2-4-6-8/h8H,2-6H2,1H3,(H,12,14,15). The van der Waals surface area contributed by atoms with Crippen molar-refractivity contribution < 1.29 is 0 Å². The Morgan fingerprint density at radius 2 is 2.06 bits per heavy atom. The van der Waals surface area contributed by atoms with Gasteiger partial charge >= 0.3 is 0 Å². The molecule has 6 heteroatoms. The van der Waals surface area contributed by atoms with E-state index >= 15 is 0 Å². The van der Waals surface area contributed by atoms with Gasteiger partial charge in [0.15, 0.2) is 5.82 Å². The number of hydrogen-bond donors (Lipinski definition) is 1. The largest absolute Gasteiger partial charge is 0.262 e. The zero-order chi connectivity index (χ0) is 11.7. The van der Waals surface area contributed by atoms with Crippen LogP contribution in [-0.2, 0) is 0 Å². The number of nitrogens with zero attached hydrogens (tertiary/aromatic N) is 4. The Labute approximate surface area is 104 Å². The molecule has 0 aliphatic heterocycles. The molecule has 2 heterocycles. The van der Waals surface area contributed by atoms with Gasteiger partial charge in [-0.05, 0) is 31.3 Å². The summed E-state index contributed by atoms with van der Waals surface area (Å²) < 4.78 is 3.92. The predicted octanol–water partition coefficient (Wildman–Crippen LogP) is 2.68. The van der Waals surface area contributed by atoms with Crippen molar-refractivity contribution in [2.24, 2.45) is 0 Å². The molecule has 2 aromatic rings. The smallest absolute Gasteiger partial charge is 0.194 e. The minimum atomic E-state index is 0.561. The molecule has 0 saturated heterocycles. The Kier molecular flexibility index (Phi) is 2.88.